The van der Waals surface area contributed by atoms with Crippen LogP contribution < -0.4 is 20.5 Å². The number of methoxy groups -OCH3 is 1. The molecule has 0 unspecified atom stereocenters. The molecule has 0 aliphatic carbocycles. The fraction of sp³-hybridized carbons (Fsp3) is 0.182. The number of rotatable bonds is 6. The highest BCUT2D eigenvalue weighted by Crippen LogP contribution is 2.14. The third kappa shape index (κ3) is 5.75. The van der Waals surface area contributed by atoms with Gasteiger partial charge in [0, 0.05) is 23.9 Å². The largest absolute Gasteiger partial charge is 0.494 e. The first kappa shape index (κ1) is 19.8. The molecule has 5 nitrogen and oxygen atoms in total. The second-order valence-corrected chi connectivity index (χ2v) is 5.58. The molecule has 0 aliphatic rings. The van der Waals surface area contributed by atoms with Gasteiger partial charge in [-0.1, -0.05) is 48.0 Å². The third-order valence-electron chi connectivity index (χ3n) is 3.71. The van der Waals surface area contributed by atoms with Crippen LogP contribution in [0.2, 0.25) is 0 Å². The summed E-state index contributed by atoms with van der Waals surface area (Å²) in [6.07, 6.45) is 5.90. The molecule has 0 atom stereocenters. The molecule has 0 amide bonds. The Kier molecular flexibility index (Phi) is 7.68. The average molecular weight is 361 g/mol. The van der Waals surface area contributed by atoms with Crippen LogP contribution in [0.15, 0.2) is 53.7 Å². The molecule has 0 saturated carbocycles. The maximum atomic E-state index is 8.70. The minimum Gasteiger partial charge on any atom is -0.494 e. The van der Waals surface area contributed by atoms with Crippen LogP contribution in [0.25, 0.3) is 12.3 Å². The summed E-state index contributed by atoms with van der Waals surface area (Å²) >= 11 is 0. The van der Waals surface area contributed by atoms with Gasteiger partial charge in [-0.2, -0.15) is 0 Å². The zero-order valence-corrected chi connectivity index (χ0v) is 15.6. The van der Waals surface area contributed by atoms with Crippen molar-refractivity contribution in [2.75, 3.05) is 13.7 Å². The summed E-state index contributed by atoms with van der Waals surface area (Å²) in [6.45, 7) is 6.75. The van der Waals surface area contributed by atoms with Crippen LogP contribution in [0, 0.1) is 11.8 Å². The lowest BCUT2D eigenvalue weighted by molar-refractivity contribution is 0.321. The fourth-order valence-electron chi connectivity index (χ4n) is 2.46. The number of nitrogens with one attached hydrogen (secondary N) is 1. The Labute approximate surface area is 159 Å². The lowest BCUT2D eigenvalue weighted by atomic mass is 10.2. The Morgan fingerprint density at radius 2 is 2.15 bits per heavy atom. The highest BCUT2D eigenvalue weighted by molar-refractivity contribution is 5.80. The first-order chi connectivity index (χ1) is 13.2. The van der Waals surface area contributed by atoms with Gasteiger partial charge in [-0.3, -0.25) is 0 Å². The number of allylic oxidation sites excluding steroid dienone is 1. The predicted molar refractivity (Wildman–Crippen MR) is 109 cm³/mol. The molecule has 2 aromatic rings. The molecule has 2 rings (SSSR count). The van der Waals surface area contributed by atoms with Crippen LogP contribution in [0.4, 0.5) is 0 Å². The van der Waals surface area contributed by atoms with Gasteiger partial charge in [0.1, 0.15) is 17.1 Å². The van der Waals surface area contributed by atoms with Crippen molar-refractivity contribution in [2.24, 2.45) is 5.16 Å². The van der Waals surface area contributed by atoms with Crippen molar-refractivity contribution in [3.05, 3.63) is 70.4 Å². The second kappa shape index (κ2) is 10.5. The summed E-state index contributed by atoms with van der Waals surface area (Å²) in [5.74, 6) is 6.63. The minimum absolute atomic E-state index is 0.431. The van der Waals surface area contributed by atoms with E-state index in [4.69, 9.17) is 9.94 Å². The monoisotopic (exact) mass is 361 g/mol. The molecule has 2 N–H and O–H groups in total. The fourth-order valence-corrected chi connectivity index (χ4v) is 2.46. The third-order valence-corrected chi connectivity index (χ3v) is 3.71. The molecule has 27 heavy (non-hydrogen) atoms. The Morgan fingerprint density at radius 3 is 2.85 bits per heavy atom. The Morgan fingerprint density at radius 1 is 1.33 bits per heavy atom. The number of ether oxygens (including phenoxy) is 1. The topological polar surface area (TPSA) is 66.7 Å². The molecule has 0 fully saturated rings. The zero-order valence-electron chi connectivity index (χ0n) is 15.6. The zero-order chi connectivity index (χ0) is 19.5. The van der Waals surface area contributed by atoms with Crippen molar-refractivity contribution in [2.45, 2.75) is 13.3 Å². The van der Waals surface area contributed by atoms with Crippen molar-refractivity contribution in [3.8, 4) is 17.6 Å². The van der Waals surface area contributed by atoms with Gasteiger partial charge in [0.05, 0.1) is 13.3 Å². The van der Waals surface area contributed by atoms with Gasteiger partial charge >= 0.3 is 0 Å². The van der Waals surface area contributed by atoms with Crippen LogP contribution in [0.5, 0.6) is 5.75 Å². The van der Waals surface area contributed by atoms with Crippen LogP contribution in [-0.4, -0.2) is 30.1 Å². The molecular weight excluding hydrogens is 338 g/mol. The second-order valence-electron chi connectivity index (χ2n) is 5.58. The van der Waals surface area contributed by atoms with E-state index >= 15 is 0 Å². The number of nitrogens with zero attached hydrogens (tertiary/aromatic N) is 2. The van der Waals surface area contributed by atoms with Crippen molar-refractivity contribution < 1.29 is 9.94 Å². The summed E-state index contributed by atoms with van der Waals surface area (Å²) in [5, 5.41) is 17.2. The summed E-state index contributed by atoms with van der Waals surface area (Å²) in [4.78, 5) is 4.30. The molecule has 0 spiro atoms. The van der Waals surface area contributed by atoms with E-state index in [0.29, 0.717) is 30.1 Å². The van der Waals surface area contributed by atoms with Gasteiger partial charge in [0.2, 0.25) is 0 Å². The summed E-state index contributed by atoms with van der Waals surface area (Å²) in [6, 6.07) is 11.5. The van der Waals surface area contributed by atoms with E-state index in [1.165, 1.54) is 13.3 Å². The van der Waals surface area contributed by atoms with Gasteiger partial charge in [-0.25, -0.2) is 4.98 Å². The van der Waals surface area contributed by atoms with Crippen molar-refractivity contribution in [1.29, 1.82) is 0 Å². The number of hydrogen-bond acceptors (Lipinski definition) is 5. The first-order valence-electron chi connectivity index (χ1n) is 8.55. The smallest absolute Gasteiger partial charge is 0.146 e. The maximum Gasteiger partial charge on any atom is 0.146 e. The van der Waals surface area contributed by atoms with Crippen LogP contribution in [-0.2, 0) is 0 Å². The molecule has 0 radical (unpaired) electrons. The number of hydrogen-bond donors (Lipinski definition) is 2. The molecule has 1 aromatic carbocycles. The quantitative estimate of drug-likeness (QED) is 0.272. The van der Waals surface area contributed by atoms with Gasteiger partial charge in [0.15, 0.2) is 0 Å². The van der Waals surface area contributed by atoms with Gasteiger partial charge in [-0.05, 0) is 36.3 Å². The molecular formula is C22H23N3O2. The average Bonchev–Trinajstić information content (AvgIpc) is 2.68. The Balaban J connectivity index is 2.07. The highest BCUT2D eigenvalue weighted by atomic mass is 16.5. The summed E-state index contributed by atoms with van der Waals surface area (Å²) < 4.78 is 5.16. The number of oxime groups is 1. The lowest BCUT2D eigenvalue weighted by Crippen LogP contribution is -2.30. The highest BCUT2D eigenvalue weighted by Gasteiger charge is 2.02. The molecule has 1 heterocycles. The van der Waals surface area contributed by atoms with Crippen molar-refractivity contribution in [1.82, 2.24) is 10.3 Å². The van der Waals surface area contributed by atoms with Crippen molar-refractivity contribution in [3.63, 3.8) is 0 Å². The summed E-state index contributed by atoms with van der Waals surface area (Å²) in [7, 11) is 1.53. The van der Waals surface area contributed by atoms with Crippen LogP contribution in [0.3, 0.4) is 0 Å². The minimum atomic E-state index is 0.431. The van der Waals surface area contributed by atoms with Gasteiger partial charge < -0.3 is 15.3 Å². The molecule has 0 bridgehead atoms. The molecule has 0 saturated heterocycles. The van der Waals surface area contributed by atoms with E-state index in [9.17, 15) is 0 Å². The molecule has 1 aromatic heterocycles. The van der Waals surface area contributed by atoms with E-state index in [0.717, 1.165) is 16.1 Å². The standard InChI is InChI=1S/C22H23N3O2/c1-4-9-20(19-12-6-5-10-17(19)2)23-15-8-7-11-18-13-14-22(27-3)21(25-18)16-24-26/h4-6,9-10,12-14,16,23,26H,2,8,15H2,1,3H3/b9-4-,20-19+,24-16+. The number of aromatic nitrogens is 1. The first-order valence-corrected chi connectivity index (χ1v) is 8.55. The molecule has 138 valence electrons. The Hall–Kier alpha value is -3.52. The van der Waals surface area contributed by atoms with E-state index in [1.54, 1.807) is 12.1 Å². The molecule has 0 aliphatic heterocycles. The van der Waals surface area contributed by atoms with Gasteiger partial charge in [0.25, 0.3) is 0 Å². The molecule has 5 heteroatoms. The van der Waals surface area contributed by atoms with Crippen LogP contribution >= 0.6 is 0 Å². The van der Waals surface area contributed by atoms with E-state index in [1.807, 2.05) is 43.3 Å². The maximum absolute atomic E-state index is 8.70. The lowest BCUT2D eigenvalue weighted by Gasteiger charge is -2.06. The van der Waals surface area contributed by atoms with Gasteiger partial charge in [-0.15, -0.1) is 0 Å². The van der Waals surface area contributed by atoms with E-state index in [2.05, 4.69) is 33.9 Å². The van der Waals surface area contributed by atoms with E-state index in [-0.39, 0.29) is 0 Å². The number of pyridine rings is 1. The predicted octanol–water partition coefficient (Wildman–Crippen LogP) is 2.02. The number of benzene rings is 1. The summed E-state index contributed by atoms with van der Waals surface area (Å²) in [5.41, 5.74) is 2.04. The SMILES string of the molecule is C=c1cccc/c1=C(/C=C\C)NCCC#Cc1ccc(OC)c(/C=N/O)n1. The van der Waals surface area contributed by atoms with Crippen molar-refractivity contribution >= 4 is 18.5 Å². The van der Waals surface area contributed by atoms with E-state index < -0.39 is 0 Å². The normalized spacial score (nSPS) is 11.9. The Bertz CT molecular complexity index is 998. The van der Waals surface area contributed by atoms with Crippen LogP contribution in [0.1, 0.15) is 24.7 Å².